The summed E-state index contributed by atoms with van der Waals surface area (Å²) in [6.07, 6.45) is 2.86. The topological polar surface area (TPSA) is 69.7 Å². The Balaban J connectivity index is 1.13. The first-order valence-corrected chi connectivity index (χ1v) is 12.2. The zero-order valence-electron chi connectivity index (χ0n) is 20.1. The molecule has 0 saturated carbocycles. The molecule has 0 bridgehead atoms. The molecule has 5 rings (SSSR count). The van der Waals surface area contributed by atoms with Gasteiger partial charge in [-0.1, -0.05) is 18.2 Å². The Morgan fingerprint density at radius 1 is 1.11 bits per heavy atom. The Morgan fingerprint density at radius 3 is 2.77 bits per heavy atom. The highest BCUT2D eigenvalue weighted by atomic mass is 16.6. The summed E-state index contributed by atoms with van der Waals surface area (Å²) in [5.41, 5.74) is 3.51. The predicted molar refractivity (Wildman–Crippen MR) is 131 cm³/mol. The van der Waals surface area contributed by atoms with Crippen LogP contribution in [0.1, 0.15) is 18.1 Å². The summed E-state index contributed by atoms with van der Waals surface area (Å²) in [4.78, 5) is 16.4. The van der Waals surface area contributed by atoms with E-state index < -0.39 is 0 Å². The van der Waals surface area contributed by atoms with Crippen LogP contribution >= 0.6 is 0 Å². The number of para-hydroxylation sites is 2. The van der Waals surface area contributed by atoms with Gasteiger partial charge >= 0.3 is 0 Å². The van der Waals surface area contributed by atoms with E-state index in [0.717, 1.165) is 35.9 Å². The summed E-state index contributed by atoms with van der Waals surface area (Å²) in [6, 6.07) is 13.8. The van der Waals surface area contributed by atoms with Crippen LogP contribution in [0.25, 0.3) is 5.70 Å². The number of amides is 1. The lowest BCUT2D eigenvalue weighted by Gasteiger charge is -2.34. The molecular formula is C27H32N2O6. The molecule has 8 nitrogen and oxygen atoms in total. The molecule has 1 fully saturated rings. The fourth-order valence-corrected chi connectivity index (χ4v) is 4.62. The number of carbonyl (C=O) groups is 1. The van der Waals surface area contributed by atoms with Gasteiger partial charge in [0.2, 0.25) is 0 Å². The monoisotopic (exact) mass is 480 g/mol. The predicted octanol–water partition coefficient (Wildman–Crippen LogP) is 2.96. The average Bonchev–Trinajstić information content (AvgIpc) is 2.91. The van der Waals surface area contributed by atoms with E-state index in [1.54, 1.807) is 4.90 Å². The number of allylic oxidation sites excluding steroid dienone is 1. The van der Waals surface area contributed by atoms with Gasteiger partial charge in [-0.05, 0) is 49.2 Å². The van der Waals surface area contributed by atoms with Crippen LogP contribution in [0.15, 0.2) is 48.5 Å². The van der Waals surface area contributed by atoms with Crippen LogP contribution in [0.3, 0.4) is 0 Å². The Hall–Kier alpha value is -3.23. The van der Waals surface area contributed by atoms with E-state index >= 15 is 0 Å². The number of fused-ring (bicyclic) bond motifs is 2. The van der Waals surface area contributed by atoms with Crippen molar-refractivity contribution in [1.82, 2.24) is 9.80 Å². The zero-order valence-corrected chi connectivity index (χ0v) is 20.1. The zero-order chi connectivity index (χ0) is 24.0. The van der Waals surface area contributed by atoms with Gasteiger partial charge in [0.05, 0.1) is 19.8 Å². The van der Waals surface area contributed by atoms with E-state index in [1.165, 1.54) is 11.1 Å². The van der Waals surface area contributed by atoms with Gasteiger partial charge in [-0.15, -0.1) is 0 Å². The van der Waals surface area contributed by atoms with Crippen molar-refractivity contribution in [3.8, 4) is 17.2 Å². The van der Waals surface area contributed by atoms with Gasteiger partial charge in [0.25, 0.3) is 5.91 Å². The number of morpholine rings is 1. The van der Waals surface area contributed by atoms with Gasteiger partial charge in [-0.3, -0.25) is 4.79 Å². The smallest absolute Gasteiger partial charge is 0.260 e. The molecule has 3 heterocycles. The standard InChI is InChI=1S/C27H32N2O6/c1-2-24-23-8-7-21(33-18-27(30)28-11-13-31-14-12-28)15-20(23)9-10-29(24)19-32-16-22-17-34-25-5-3-4-6-26(25)35-22/h2-8,15,22H,9-14,16-19H2,1H3/b24-2-. The van der Waals surface area contributed by atoms with Crippen molar-refractivity contribution < 1.29 is 28.5 Å². The van der Waals surface area contributed by atoms with Crippen LogP contribution < -0.4 is 14.2 Å². The molecule has 1 saturated heterocycles. The Kier molecular flexibility index (Phi) is 7.39. The molecule has 3 aliphatic rings. The molecule has 2 aromatic rings. The minimum absolute atomic E-state index is 0.000628. The molecule has 1 unspecified atom stereocenters. The third kappa shape index (κ3) is 5.55. The van der Waals surface area contributed by atoms with Crippen molar-refractivity contribution in [2.75, 3.05) is 59.4 Å². The lowest BCUT2D eigenvalue weighted by molar-refractivity contribution is -0.137. The van der Waals surface area contributed by atoms with Crippen LogP contribution in [-0.4, -0.2) is 81.2 Å². The van der Waals surface area contributed by atoms with E-state index in [2.05, 4.69) is 17.0 Å². The first-order chi connectivity index (χ1) is 17.2. The number of hydrogen-bond acceptors (Lipinski definition) is 7. The van der Waals surface area contributed by atoms with E-state index in [1.807, 2.05) is 43.3 Å². The second-order valence-corrected chi connectivity index (χ2v) is 8.79. The average molecular weight is 481 g/mol. The van der Waals surface area contributed by atoms with E-state index in [-0.39, 0.29) is 18.6 Å². The lowest BCUT2D eigenvalue weighted by Crippen LogP contribution is -2.43. The number of carbonyl (C=O) groups excluding carboxylic acids is 1. The second-order valence-electron chi connectivity index (χ2n) is 8.79. The van der Waals surface area contributed by atoms with Crippen LogP contribution in [0, 0.1) is 0 Å². The van der Waals surface area contributed by atoms with Crippen LogP contribution in [0.2, 0.25) is 0 Å². The van der Waals surface area contributed by atoms with Crippen LogP contribution in [0.4, 0.5) is 0 Å². The SMILES string of the molecule is C/C=C1/c2ccc(OCC(=O)N3CCOCC3)cc2CCN1COCC1COc2ccccc2O1. The molecule has 3 aliphatic heterocycles. The van der Waals surface area contributed by atoms with Crippen molar-refractivity contribution in [1.29, 1.82) is 0 Å². The maximum absolute atomic E-state index is 12.4. The van der Waals surface area contributed by atoms with Crippen molar-refractivity contribution in [3.05, 3.63) is 59.7 Å². The van der Waals surface area contributed by atoms with Gasteiger partial charge in [-0.2, -0.15) is 0 Å². The maximum Gasteiger partial charge on any atom is 0.260 e. The molecule has 0 aliphatic carbocycles. The van der Waals surface area contributed by atoms with Gasteiger partial charge in [0, 0.05) is 30.9 Å². The molecule has 0 radical (unpaired) electrons. The highest BCUT2D eigenvalue weighted by Gasteiger charge is 2.24. The van der Waals surface area contributed by atoms with Gasteiger partial charge in [0.1, 0.15) is 19.1 Å². The number of rotatable bonds is 7. The van der Waals surface area contributed by atoms with Crippen molar-refractivity contribution in [2.45, 2.75) is 19.4 Å². The number of nitrogens with zero attached hydrogens (tertiary/aromatic N) is 2. The van der Waals surface area contributed by atoms with Gasteiger partial charge < -0.3 is 33.5 Å². The molecule has 0 aromatic heterocycles. The summed E-state index contributed by atoms with van der Waals surface area (Å²) in [6.45, 7) is 6.78. The molecule has 2 aromatic carbocycles. The van der Waals surface area contributed by atoms with Crippen molar-refractivity contribution in [3.63, 3.8) is 0 Å². The van der Waals surface area contributed by atoms with Crippen LogP contribution in [0.5, 0.6) is 17.2 Å². The van der Waals surface area contributed by atoms with Crippen molar-refractivity contribution >= 4 is 11.6 Å². The number of ether oxygens (including phenoxy) is 5. The minimum Gasteiger partial charge on any atom is -0.486 e. The normalized spacial score (nSPS) is 20.5. The van der Waals surface area contributed by atoms with E-state index in [9.17, 15) is 4.79 Å². The fourth-order valence-electron chi connectivity index (χ4n) is 4.62. The molecule has 8 heteroatoms. The Labute approximate surface area is 206 Å². The van der Waals surface area contributed by atoms with E-state index in [4.69, 9.17) is 23.7 Å². The molecule has 186 valence electrons. The molecule has 1 atom stereocenters. The van der Waals surface area contributed by atoms with Gasteiger partial charge in [0.15, 0.2) is 24.2 Å². The minimum atomic E-state index is -0.129. The molecule has 0 spiro atoms. The summed E-state index contributed by atoms with van der Waals surface area (Å²) in [7, 11) is 0. The Bertz CT molecular complexity index is 1070. The quantitative estimate of drug-likeness (QED) is 0.604. The molecule has 1 amide bonds. The summed E-state index contributed by atoms with van der Waals surface area (Å²) >= 11 is 0. The number of hydrogen-bond donors (Lipinski definition) is 0. The Morgan fingerprint density at radius 2 is 1.94 bits per heavy atom. The summed E-state index contributed by atoms with van der Waals surface area (Å²) in [5.74, 6) is 2.26. The highest BCUT2D eigenvalue weighted by molar-refractivity contribution is 5.78. The lowest BCUT2D eigenvalue weighted by atomic mass is 9.96. The third-order valence-corrected chi connectivity index (χ3v) is 6.46. The van der Waals surface area contributed by atoms with Gasteiger partial charge in [-0.25, -0.2) is 0 Å². The van der Waals surface area contributed by atoms with Crippen LogP contribution in [-0.2, 0) is 20.7 Å². The fraction of sp³-hybridized carbons (Fsp3) is 0.444. The van der Waals surface area contributed by atoms with Crippen molar-refractivity contribution in [2.24, 2.45) is 0 Å². The summed E-state index contributed by atoms with van der Waals surface area (Å²) in [5, 5.41) is 0. The largest absolute Gasteiger partial charge is 0.486 e. The third-order valence-electron chi connectivity index (χ3n) is 6.46. The molecule has 35 heavy (non-hydrogen) atoms. The summed E-state index contributed by atoms with van der Waals surface area (Å²) < 4.78 is 28.9. The van der Waals surface area contributed by atoms with E-state index in [0.29, 0.717) is 46.2 Å². The highest BCUT2D eigenvalue weighted by Crippen LogP contribution is 2.32. The number of benzene rings is 2. The maximum atomic E-state index is 12.4. The molecule has 0 N–H and O–H groups in total. The second kappa shape index (κ2) is 11.0. The molecular weight excluding hydrogens is 448 g/mol. The first-order valence-electron chi connectivity index (χ1n) is 12.2. The first kappa shape index (κ1) is 23.5.